The number of rotatable bonds is 3. The highest BCUT2D eigenvalue weighted by atomic mass is 16.1. The van der Waals surface area contributed by atoms with Crippen molar-refractivity contribution < 1.29 is 4.79 Å². The Morgan fingerprint density at radius 1 is 1.65 bits per heavy atom. The van der Waals surface area contributed by atoms with Gasteiger partial charge in [-0.3, -0.25) is 9.48 Å². The molecule has 0 unspecified atom stereocenters. The number of nitrogens with one attached hydrogen (secondary N) is 2. The fraction of sp³-hybridized carbons (Fsp3) is 0.667. The number of hydrogen-bond acceptors (Lipinski definition) is 3. The van der Waals surface area contributed by atoms with Crippen molar-refractivity contribution in [2.24, 2.45) is 18.9 Å². The van der Waals surface area contributed by atoms with Gasteiger partial charge in [0.1, 0.15) is 0 Å². The molecule has 1 aliphatic heterocycles. The molecular formula is C12H20N4O. The molecule has 0 aliphatic carbocycles. The monoisotopic (exact) mass is 236 g/mol. The third-order valence-corrected chi connectivity index (χ3v) is 3.42. The maximum absolute atomic E-state index is 12.0. The summed E-state index contributed by atoms with van der Waals surface area (Å²) in [6.45, 7) is 6.37. The molecule has 2 N–H and O–H groups in total. The van der Waals surface area contributed by atoms with Crippen LogP contribution in [0.5, 0.6) is 0 Å². The van der Waals surface area contributed by atoms with Crippen molar-refractivity contribution >= 4 is 5.91 Å². The van der Waals surface area contributed by atoms with Crippen LogP contribution in [-0.4, -0.2) is 28.8 Å². The van der Waals surface area contributed by atoms with E-state index in [1.54, 1.807) is 4.68 Å². The molecule has 5 heteroatoms. The number of carbonyl (C=O) groups is 1. The van der Waals surface area contributed by atoms with Crippen molar-refractivity contribution in [1.82, 2.24) is 20.4 Å². The van der Waals surface area contributed by atoms with Gasteiger partial charge < -0.3 is 10.6 Å². The summed E-state index contributed by atoms with van der Waals surface area (Å²) >= 11 is 0. The van der Waals surface area contributed by atoms with Crippen molar-refractivity contribution in [3.05, 3.63) is 17.5 Å². The summed E-state index contributed by atoms with van der Waals surface area (Å²) in [5, 5.41) is 10.5. The first-order chi connectivity index (χ1) is 8.08. The van der Waals surface area contributed by atoms with Crippen LogP contribution >= 0.6 is 0 Å². The minimum Gasteiger partial charge on any atom is -0.352 e. The van der Waals surface area contributed by atoms with E-state index < -0.39 is 0 Å². The van der Waals surface area contributed by atoms with Gasteiger partial charge in [-0.1, -0.05) is 6.92 Å². The van der Waals surface area contributed by atoms with Crippen LogP contribution in [0.15, 0.2) is 6.20 Å². The molecule has 0 spiro atoms. The fourth-order valence-electron chi connectivity index (χ4n) is 2.30. The Balaban J connectivity index is 1.90. The van der Waals surface area contributed by atoms with Gasteiger partial charge in [-0.25, -0.2) is 0 Å². The Bertz CT molecular complexity index is 413. The molecule has 17 heavy (non-hydrogen) atoms. The third-order valence-electron chi connectivity index (χ3n) is 3.42. The molecule has 1 fully saturated rings. The molecule has 0 radical (unpaired) electrons. The number of amides is 1. The average Bonchev–Trinajstić information content (AvgIpc) is 2.81. The van der Waals surface area contributed by atoms with Gasteiger partial charge in [-0.05, 0) is 19.4 Å². The molecule has 5 nitrogen and oxygen atoms in total. The zero-order chi connectivity index (χ0) is 12.4. The molecule has 2 rings (SSSR count). The molecule has 1 aliphatic rings. The molecule has 94 valence electrons. The first kappa shape index (κ1) is 12.1. The lowest BCUT2D eigenvalue weighted by molar-refractivity contribution is -0.125. The van der Waals surface area contributed by atoms with Crippen LogP contribution in [0.4, 0.5) is 0 Å². The summed E-state index contributed by atoms with van der Waals surface area (Å²) in [6.07, 6.45) is 1.95. The largest absolute Gasteiger partial charge is 0.352 e. The first-order valence-electron chi connectivity index (χ1n) is 6.05. The summed E-state index contributed by atoms with van der Waals surface area (Å²) < 4.78 is 1.77. The highest BCUT2D eigenvalue weighted by molar-refractivity contribution is 5.79. The minimum atomic E-state index is 0.104. The summed E-state index contributed by atoms with van der Waals surface area (Å²) in [6, 6.07) is 0. The minimum absolute atomic E-state index is 0.104. The van der Waals surface area contributed by atoms with Gasteiger partial charge in [0, 0.05) is 31.9 Å². The maximum atomic E-state index is 12.0. The second kappa shape index (κ2) is 4.87. The van der Waals surface area contributed by atoms with Crippen molar-refractivity contribution in [3.8, 4) is 0 Å². The number of aromatic nitrogens is 2. The molecule has 1 aromatic rings. The van der Waals surface area contributed by atoms with Gasteiger partial charge >= 0.3 is 0 Å². The predicted octanol–water partition coefficient (Wildman–Crippen LogP) is 0.200. The van der Waals surface area contributed by atoms with E-state index in [1.807, 2.05) is 20.2 Å². The Labute approximate surface area is 102 Å². The van der Waals surface area contributed by atoms with E-state index in [4.69, 9.17) is 0 Å². The van der Waals surface area contributed by atoms with Gasteiger partial charge in [0.2, 0.25) is 5.91 Å². The zero-order valence-electron chi connectivity index (χ0n) is 10.7. The second-order valence-corrected chi connectivity index (χ2v) is 4.87. The van der Waals surface area contributed by atoms with Crippen LogP contribution in [0, 0.1) is 18.8 Å². The molecule has 0 saturated carbocycles. The van der Waals surface area contributed by atoms with Crippen LogP contribution in [0.3, 0.4) is 0 Å². The van der Waals surface area contributed by atoms with Crippen molar-refractivity contribution in [3.63, 3.8) is 0 Å². The van der Waals surface area contributed by atoms with Crippen LogP contribution < -0.4 is 10.6 Å². The van der Waals surface area contributed by atoms with E-state index in [0.717, 1.165) is 24.3 Å². The Hall–Kier alpha value is -1.36. The first-order valence-corrected chi connectivity index (χ1v) is 6.05. The topological polar surface area (TPSA) is 59.0 Å². The van der Waals surface area contributed by atoms with E-state index in [9.17, 15) is 4.79 Å². The predicted molar refractivity (Wildman–Crippen MR) is 65.3 cm³/mol. The standard InChI is InChI=1S/C12H20N4O/c1-8-4-13-6-11(8)12(17)14-5-10-7-16(3)15-9(10)2/h7-8,11,13H,4-6H2,1-3H3,(H,14,17)/t8-,11-/m1/s1. The molecule has 0 bridgehead atoms. The van der Waals surface area contributed by atoms with E-state index in [-0.39, 0.29) is 11.8 Å². The van der Waals surface area contributed by atoms with Crippen LogP contribution in [0.1, 0.15) is 18.2 Å². The average molecular weight is 236 g/mol. The normalized spacial score (nSPS) is 23.9. The molecule has 0 aromatic carbocycles. The fourth-order valence-corrected chi connectivity index (χ4v) is 2.30. The Morgan fingerprint density at radius 3 is 2.94 bits per heavy atom. The van der Waals surface area contributed by atoms with Crippen LogP contribution in [0.25, 0.3) is 0 Å². The highest BCUT2D eigenvalue weighted by Crippen LogP contribution is 2.16. The van der Waals surface area contributed by atoms with Gasteiger partial charge in [0.25, 0.3) is 0 Å². The lowest BCUT2D eigenvalue weighted by atomic mass is 9.97. The number of nitrogens with zero attached hydrogens (tertiary/aromatic N) is 2. The van der Waals surface area contributed by atoms with E-state index >= 15 is 0 Å². The summed E-state index contributed by atoms with van der Waals surface area (Å²) in [5.74, 6) is 0.669. The highest BCUT2D eigenvalue weighted by Gasteiger charge is 2.29. The number of carbonyl (C=O) groups excluding carboxylic acids is 1. The molecular weight excluding hydrogens is 216 g/mol. The number of aryl methyl sites for hydroxylation is 2. The van der Waals surface area contributed by atoms with Crippen LogP contribution in [0.2, 0.25) is 0 Å². The summed E-state index contributed by atoms with van der Waals surface area (Å²) in [4.78, 5) is 12.0. The SMILES string of the molecule is Cc1nn(C)cc1CNC(=O)[C@@H]1CNC[C@H]1C. The summed E-state index contributed by atoms with van der Waals surface area (Å²) in [5.41, 5.74) is 2.06. The van der Waals surface area contributed by atoms with Gasteiger partial charge in [0.15, 0.2) is 0 Å². The molecule has 2 atom stereocenters. The third kappa shape index (κ3) is 2.66. The van der Waals surface area contributed by atoms with Gasteiger partial charge in [-0.2, -0.15) is 5.10 Å². The van der Waals surface area contributed by atoms with Crippen LogP contribution in [-0.2, 0) is 18.4 Å². The number of hydrogen-bond donors (Lipinski definition) is 2. The Morgan fingerprint density at radius 2 is 2.41 bits per heavy atom. The van der Waals surface area contributed by atoms with E-state index in [2.05, 4.69) is 22.7 Å². The molecule has 1 amide bonds. The molecule has 1 aromatic heterocycles. The smallest absolute Gasteiger partial charge is 0.224 e. The van der Waals surface area contributed by atoms with E-state index in [0.29, 0.717) is 12.5 Å². The van der Waals surface area contributed by atoms with Crippen molar-refractivity contribution in [2.45, 2.75) is 20.4 Å². The van der Waals surface area contributed by atoms with E-state index in [1.165, 1.54) is 0 Å². The lowest BCUT2D eigenvalue weighted by Gasteiger charge is -2.13. The Kier molecular flexibility index (Phi) is 3.47. The lowest BCUT2D eigenvalue weighted by Crippen LogP contribution is -2.33. The molecule has 1 saturated heterocycles. The van der Waals surface area contributed by atoms with Crippen molar-refractivity contribution in [2.75, 3.05) is 13.1 Å². The van der Waals surface area contributed by atoms with Crippen molar-refractivity contribution in [1.29, 1.82) is 0 Å². The maximum Gasteiger partial charge on any atom is 0.224 e. The second-order valence-electron chi connectivity index (χ2n) is 4.87. The molecule has 2 heterocycles. The van der Waals surface area contributed by atoms with Gasteiger partial charge in [0.05, 0.1) is 11.6 Å². The van der Waals surface area contributed by atoms with Gasteiger partial charge in [-0.15, -0.1) is 0 Å². The quantitative estimate of drug-likeness (QED) is 0.788. The zero-order valence-corrected chi connectivity index (χ0v) is 10.7. The summed E-state index contributed by atoms with van der Waals surface area (Å²) in [7, 11) is 1.89.